The van der Waals surface area contributed by atoms with Crippen molar-refractivity contribution in [2.45, 2.75) is 83.8 Å². The van der Waals surface area contributed by atoms with E-state index in [4.69, 9.17) is 14.2 Å². The van der Waals surface area contributed by atoms with E-state index < -0.39 is 17.3 Å². The number of halogens is 1. The molecule has 1 N–H and O–H groups in total. The minimum absolute atomic E-state index is 0.0173. The zero-order valence-electron chi connectivity index (χ0n) is 35.5. The standard InChI is InChI=1S/C47H49FN8O6/c1-26-21-35(22-27(2)39(26)48)55-41(57)36-13-16-52(30(5)40(36)49-44(55)54-18-17-53(46(54)60)29(4)31-9-7-6-8-10-31)42(58)38-24-34-23-33(32-14-19-61-20-15-32)11-12-37(34)56(38)47(25-28(47)3)43-50-45(59)62-51-43/h6-12,21-24,28-30,32H,13-20,25H2,1-5H3,(H,50,51,59)/t28-,29+,30+,47+/m1/s1. The number of fused-ring (bicyclic) bond motifs is 2. The number of H-pyrrole nitrogens is 1. The molecule has 10 rings (SSSR count). The largest absolute Gasteiger partial charge is 0.438 e. The summed E-state index contributed by atoms with van der Waals surface area (Å²) in [7, 11) is 0. The summed E-state index contributed by atoms with van der Waals surface area (Å²) in [6.07, 6.45) is 2.65. The molecule has 0 spiro atoms. The molecule has 15 heteroatoms. The number of nitrogens with one attached hydrogen (secondary N) is 1. The summed E-state index contributed by atoms with van der Waals surface area (Å²) in [5, 5.41) is 5.04. The van der Waals surface area contributed by atoms with Crippen molar-refractivity contribution in [1.82, 2.24) is 34.1 Å². The number of anilines is 1. The maximum absolute atomic E-state index is 15.3. The van der Waals surface area contributed by atoms with Crippen molar-refractivity contribution in [3.63, 3.8) is 0 Å². The molecule has 2 saturated heterocycles. The molecule has 6 aromatic rings. The van der Waals surface area contributed by atoms with Gasteiger partial charge in [-0.05, 0) is 118 Å². The average Bonchev–Trinajstić information content (AvgIpc) is 3.60. The van der Waals surface area contributed by atoms with Crippen LogP contribution in [0.15, 0.2) is 80.8 Å². The fourth-order valence-electron chi connectivity index (χ4n) is 10.3. The second kappa shape index (κ2) is 14.9. The molecule has 6 heterocycles. The van der Waals surface area contributed by atoms with Crippen LogP contribution in [0.3, 0.4) is 0 Å². The minimum atomic E-state index is -0.834. The van der Waals surface area contributed by atoms with E-state index >= 15 is 9.18 Å². The van der Waals surface area contributed by atoms with Crippen molar-refractivity contribution in [2.24, 2.45) is 5.92 Å². The number of urea groups is 1. The Balaban J connectivity index is 1.08. The third-order valence-electron chi connectivity index (χ3n) is 13.9. The van der Waals surface area contributed by atoms with Gasteiger partial charge in [0.1, 0.15) is 17.1 Å². The highest BCUT2D eigenvalue weighted by atomic mass is 19.1. The van der Waals surface area contributed by atoms with E-state index in [9.17, 15) is 14.4 Å². The number of benzene rings is 3. The topological polar surface area (TPSA) is 152 Å². The monoisotopic (exact) mass is 840 g/mol. The lowest BCUT2D eigenvalue weighted by molar-refractivity contribution is 0.0658. The van der Waals surface area contributed by atoms with E-state index in [0.717, 1.165) is 29.3 Å². The molecule has 1 saturated carbocycles. The highest BCUT2D eigenvalue weighted by molar-refractivity contribution is 6.00. The molecular formula is C47H49FN8O6. The molecule has 4 atom stereocenters. The summed E-state index contributed by atoms with van der Waals surface area (Å²) in [6.45, 7) is 11.5. The van der Waals surface area contributed by atoms with Gasteiger partial charge in [0.2, 0.25) is 5.95 Å². The Morgan fingerprint density at radius 2 is 1.68 bits per heavy atom. The summed E-state index contributed by atoms with van der Waals surface area (Å²) in [6, 6.07) is 20.0. The first kappa shape index (κ1) is 39.8. The number of nitrogens with zero attached hydrogens (tertiary/aromatic N) is 7. The van der Waals surface area contributed by atoms with Gasteiger partial charge in [0.25, 0.3) is 11.5 Å². The minimum Gasteiger partial charge on any atom is -0.381 e. The van der Waals surface area contributed by atoms with Crippen molar-refractivity contribution in [3.05, 3.63) is 138 Å². The highest BCUT2D eigenvalue weighted by Crippen LogP contribution is 2.56. The van der Waals surface area contributed by atoms with Crippen molar-refractivity contribution in [2.75, 3.05) is 37.7 Å². The first-order valence-electron chi connectivity index (χ1n) is 21.5. The second-order valence-corrected chi connectivity index (χ2v) is 17.5. The summed E-state index contributed by atoms with van der Waals surface area (Å²) >= 11 is 0. The Morgan fingerprint density at radius 3 is 2.35 bits per heavy atom. The number of hydrogen-bond donors (Lipinski definition) is 1. The molecule has 4 aliphatic rings. The highest BCUT2D eigenvalue weighted by Gasteiger charge is 2.59. The molecule has 0 bridgehead atoms. The summed E-state index contributed by atoms with van der Waals surface area (Å²) in [5.41, 5.74) is 4.16. The van der Waals surface area contributed by atoms with Crippen LogP contribution in [0.4, 0.5) is 15.1 Å². The van der Waals surface area contributed by atoms with Crippen molar-refractivity contribution in [1.29, 1.82) is 0 Å². The van der Waals surface area contributed by atoms with Crippen LogP contribution in [-0.4, -0.2) is 78.8 Å². The molecule has 3 aromatic heterocycles. The molecule has 320 valence electrons. The van der Waals surface area contributed by atoms with Crippen molar-refractivity contribution in [3.8, 4) is 5.69 Å². The molecule has 3 aliphatic heterocycles. The van der Waals surface area contributed by atoms with E-state index in [0.29, 0.717) is 71.7 Å². The van der Waals surface area contributed by atoms with E-state index in [1.165, 1.54) is 15.0 Å². The molecule has 3 amide bonds. The lowest BCUT2D eigenvalue weighted by atomic mass is 9.91. The van der Waals surface area contributed by atoms with Crippen LogP contribution < -0.4 is 16.2 Å². The van der Waals surface area contributed by atoms with Gasteiger partial charge in [0, 0.05) is 49.3 Å². The van der Waals surface area contributed by atoms with E-state index in [2.05, 4.69) is 35.3 Å². The van der Waals surface area contributed by atoms with E-state index in [1.54, 1.807) is 35.8 Å². The normalized spacial score (nSPS) is 22.1. The fraction of sp³-hybridized carbons (Fsp3) is 0.404. The third-order valence-corrected chi connectivity index (χ3v) is 13.9. The van der Waals surface area contributed by atoms with Crippen LogP contribution in [0.1, 0.15) is 108 Å². The Labute approximate surface area is 356 Å². The van der Waals surface area contributed by atoms with Gasteiger partial charge in [0.15, 0.2) is 5.82 Å². The smallest absolute Gasteiger partial charge is 0.381 e. The number of aryl methyl sites for hydroxylation is 2. The van der Waals surface area contributed by atoms with Gasteiger partial charge in [0.05, 0.1) is 23.5 Å². The number of carbonyl (C=O) groups excluding carboxylic acids is 2. The average molecular weight is 841 g/mol. The number of aromatic amines is 1. The molecule has 3 fully saturated rings. The van der Waals surface area contributed by atoms with Gasteiger partial charge in [-0.15, -0.1) is 0 Å². The second-order valence-electron chi connectivity index (χ2n) is 17.5. The fourth-order valence-corrected chi connectivity index (χ4v) is 10.3. The quantitative estimate of drug-likeness (QED) is 0.171. The van der Waals surface area contributed by atoms with E-state index in [1.807, 2.05) is 54.8 Å². The van der Waals surface area contributed by atoms with Crippen LogP contribution in [-0.2, 0) is 16.7 Å². The van der Waals surface area contributed by atoms with Gasteiger partial charge in [-0.25, -0.2) is 23.5 Å². The van der Waals surface area contributed by atoms with Crippen LogP contribution >= 0.6 is 0 Å². The van der Waals surface area contributed by atoms with Gasteiger partial charge < -0.3 is 19.1 Å². The number of amides is 3. The number of hydrogen-bond acceptors (Lipinski definition) is 8. The first-order chi connectivity index (χ1) is 29.9. The summed E-state index contributed by atoms with van der Waals surface area (Å²) in [5.74, 6) is -0.486. The molecule has 3 aromatic carbocycles. The van der Waals surface area contributed by atoms with E-state index in [-0.39, 0.29) is 60.7 Å². The van der Waals surface area contributed by atoms with Gasteiger partial charge >= 0.3 is 11.8 Å². The molecular weight excluding hydrogens is 792 g/mol. The molecule has 1 aliphatic carbocycles. The number of carbonyl (C=O) groups is 2. The zero-order chi connectivity index (χ0) is 43.2. The number of ether oxygens (including phenoxy) is 1. The van der Waals surface area contributed by atoms with Gasteiger partial charge in [-0.1, -0.05) is 48.5 Å². The maximum atomic E-state index is 15.3. The SMILES string of the molecule is Cc1cc(-n2c(N3CCN([C@@H](C)c4ccccc4)C3=O)nc3c(c2=O)CCN(C(=O)c2cc4cc(C5CCOCC5)ccc4n2[C@@]2(c4noc(=O)[nH]4)C[C@H]2C)[C@H]3C)cc(C)c1F. The van der Waals surface area contributed by atoms with Crippen LogP contribution in [0.5, 0.6) is 0 Å². The van der Waals surface area contributed by atoms with Crippen molar-refractivity contribution >= 4 is 28.8 Å². The number of rotatable bonds is 8. The van der Waals surface area contributed by atoms with Crippen LogP contribution in [0.25, 0.3) is 16.6 Å². The third kappa shape index (κ3) is 6.22. The zero-order valence-corrected chi connectivity index (χ0v) is 35.5. The van der Waals surface area contributed by atoms with Gasteiger partial charge in [-0.2, -0.15) is 0 Å². The molecule has 0 unspecified atom stereocenters. The van der Waals surface area contributed by atoms with Crippen molar-refractivity contribution < 1.29 is 23.2 Å². The first-order valence-corrected chi connectivity index (χ1v) is 21.5. The summed E-state index contributed by atoms with van der Waals surface area (Å²) < 4.78 is 29.1. The van der Waals surface area contributed by atoms with Gasteiger partial charge in [-0.3, -0.25) is 24.0 Å². The summed E-state index contributed by atoms with van der Waals surface area (Å²) in [4.78, 5) is 70.0. The maximum Gasteiger partial charge on any atom is 0.438 e. The Hall–Kier alpha value is -6.35. The Kier molecular flexibility index (Phi) is 9.57. The predicted octanol–water partition coefficient (Wildman–Crippen LogP) is 7.06. The molecule has 14 nitrogen and oxygen atoms in total. The Bertz CT molecular complexity index is 2870. The van der Waals surface area contributed by atoms with Crippen LogP contribution in [0, 0.1) is 25.6 Å². The predicted molar refractivity (Wildman–Crippen MR) is 229 cm³/mol. The lowest BCUT2D eigenvalue weighted by Crippen LogP contribution is -2.45. The van der Waals surface area contributed by atoms with Crippen LogP contribution in [0.2, 0.25) is 0 Å². The lowest BCUT2D eigenvalue weighted by Gasteiger charge is -2.36. The number of aromatic nitrogens is 5. The Morgan fingerprint density at radius 1 is 0.952 bits per heavy atom. The molecule has 62 heavy (non-hydrogen) atoms. The molecule has 0 radical (unpaired) electrons.